The highest BCUT2D eigenvalue weighted by molar-refractivity contribution is 6.07. The normalized spacial score (nSPS) is 22.3. The summed E-state index contributed by atoms with van der Waals surface area (Å²) < 4.78 is 40.9. The number of rotatable bonds is 5. The van der Waals surface area contributed by atoms with Gasteiger partial charge in [-0.2, -0.15) is 0 Å². The Labute approximate surface area is 202 Å². The fraction of sp³-hybridized carbons (Fsp3) is 0.462. The Bertz CT molecular complexity index is 1140. The Balaban J connectivity index is 1.58. The van der Waals surface area contributed by atoms with Crippen LogP contribution in [0.3, 0.4) is 0 Å². The minimum Gasteiger partial charge on any atom is -0.503 e. The first kappa shape index (κ1) is 23.5. The number of methoxy groups -OCH3 is 1. The smallest absolute Gasteiger partial charge is 0.236 e. The van der Waals surface area contributed by atoms with E-state index in [1.807, 2.05) is 4.90 Å². The summed E-state index contributed by atoms with van der Waals surface area (Å²) in [6.45, 7) is 1.85. The fourth-order valence-electron chi connectivity index (χ4n) is 5.73. The van der Waals surface area contributed by atoms with Gasteiger partial charge in [-0.05, 0) is 43.9 Å². The first-order chi connectivity index (χ1) is 16.9. The van der Waals surface area contributed by atoms with E-state index >= 15 is 4.39 Å². The SMILES string of the molecule is COc1cc(N2CCC(C=O)CC2)c(F)cc1[C@@H]1N(c2cccc(F)c2O)C(=O)C12CCOCC2. The minimum absolute atomic E-state index is 0.0163. The maximum Gasteiger partial charge on any atom is 0.236 e. The first-order valence-electron chi connectivity index (χ1n) is 11.9. The van der Waals surface area contributed by atoms with Crippen molar-refractivity contribution in [2.75, 3.05) is 43.2 Å². The van der Waals surface area contributed by atoms with Gasteiger partial charge in [-0.3, -0.25) is 9.69 Å². The molecule has 0 unspecified atom stereocenters. The van der Waals surface area contributed by atoms with Gasteiger partial charge in [-0.25, -0.2) is 8.78 Å². The molecule has 3 heterocycles. The number of benzene rings is 2. The average Bonchev–Trinajstić information content (AvgIpc) is 2.89. The zero-order valence-electron chi connectivity index (χ0n) is 19.5. The molecule has 3 aliphatic rings. The maximum absolute atomic E-state index is 15.6. The molecule has 0 saturated carbocycles. The number of amides is 1. The molecular weight excluding hydrogens is 458 g/mol. The summed E-state index contributed by atoms with van der Waals surface area (Å²) in [6, 6.07) is 6.37. The van der Waals surface area contributed by atoms with Crippen LogP contribution in [0.4, 0.5) is 20.2 Å². The van der Waals surface area contributed by atoms with Gasteiger partial charge in [0, 0.05) is 43.9 Å². The largest absolute Gasteiger partial charge is 0.503 e. The van der Waals surface area contributed by atoms with Gasteiger partial charge in [0.25, 0.3) is 0 Å². The first-order valence-corrected chi connectivity index (χ1v) is 11.9. The highest BCUT2D eigenvalue weighted by Gasteiger charge is 2.63. The van der Waals surface area contributed by atoms with Crippen molar-refractivity contribution in [3.05, 3.63) is 47.5 Å². The van der Waals surface area contributed by atoms with E-state index < -0.39 is 28.8 Å². The molecule has 7 nitrogen and oxygen atoms in total. The highest BCUT2D eigenvalue weighted by atomic mass is 19.1. The van der Waals surface area contributed by atoms with Gasteiger partial charge in [0.1, 0.15) is 17.9 Å². The van der Waals surface area contributed by atoms with Gasteiger partial charge in [0.2, 0.25) is 5.91 Å². The number of halogens is 2. The number of hydrogen-bond donors (Lipinski definition) is 1. The van der Waals surface area contributed by atoms with E-state index in [-0.39, 0.29) is 17.5 Å². The van der Waals surface area contributed by atoms with E-state index in [1.165, 1.54) is 30.2 Å². The van der Waals surface area contributed by atoms with Crippen molar-refractivity contribution in [3.63, 3.8) is 0 Å². The fourth-order valence-corrected chi connectivity index (χ4v) is 5.73. The third-order valence-electron chi connectivity index (χ3n) is 7.70. The van der Waals surface area contributed by atoms with E-state index in [4.69, 9.17) is 9.47 Å². The minimum atomic E-state index is -0.861. The summed E-state index contributed by atoms with van der Waals surface area (Å²) in [5, 5.41) is 10.4. The number of phenols is 1. The molecule has 3 saturated heterocycles. The standard InChI is InChI=1S/C26H28F2N2O5/c1-34-22-14-21(29-9-5-16(15-31)6-10-29)19(28)13-17(22)24-26(7-11-35-12-8-26)25(33)30(24)20-4-2-3-18(27)23(20)32/h2-4,13-16,24,32H,5-12H2,1H3/t24-/m0/s1. The zero-order valence-corrected chi connectivity index (χ0v) is 19.5. The molecule has 5 rings (SSSR count). The summed E-state index contributed by atoms with van der Waals surface area (Å²) in [6.07, 6.45) is 3.11. The predicted octanol–water partition coefficient (Wildman–Crippen LogP) is 3.98. The Kier molecular flexibility index (Phi) is 6.13. The molecule has 0 radical (unpaired) electrons. The number of β-lactam (4-membered cyclic amide) rings is 1. The van der Waals surface area contributed by atoms with Crippen molar-refractivity contribution in [1.29, 1.82) is 0 Å². The van der Waals surface area contributed by atoms with Crippen molar-refractivity contribution >= 4 is 23.6 Å². The van der Waals surface area contributed by atoms with Gasteiger partial charge >= 0.3 is 0 Å². The van der Waals surface area contributed by atoms with E-state index in [2.05, 4.69) is 0 Å². The maximum atomic E-state index is 15.6. The number of nitrogens with zero attached hydrogens (tertiary/aromatic N) is 2. The summed E-state index contributed by atoms with van der Waals surface area (Å²) in [7, 11) is 1.49. The summed E-state index contributed by atoms with van der Waals surface area (Å²) in [5.41, 5.74) is 0.0173. The van der Waals surface area contributed by atoms with Crippen LogP contribution in [0.2, 0.25) is 0 Å². The Morgan fingerprint density at radius 2 is 1.83 bits per heavy atom. The second-order valence-corrected chi connectivity index (χ2v) is 9.46. The lowest BCUT2D eigenvalue weighted by atomic mass is 9.62. The van der Waals surface area contributed by atoms with Gasteiger partial charge in [0.15, 0.2) is 11.6 Å². The highest BCUT2D eigenvalue weighted by Crippen LogP contribution is 2.60. The number of phenolic OH excluding ortho intramolecular Hbond substituents is 1. The van der Waals surface area contributed by atoms with Crippen LogP contribution in [0, 0.1) is 23.0 Å². The van der Waals surface area contributed by atoms with Crippen LogP contribution in [0.15, 0.2) is 30.3 Å². The van der Waals surface area contributed by atoms with Crippen LogP contribution < -0.4 is 14.5 Å². The number of carbonyl (C=O) groups is 2. The molecule has 1 spiro atoms. The molecular formula is C26H28F2N2O5. The lowest BCUT2D eigenvalue weighted by Gasteiger charge is -2.57. The molecule has 1 N–H and O–H groups in total. The summed E-state index contributed by atoms with van der Waals surface area (Å²) in [4.78, 5) is 27.9. The molecule has 2 aromatic rings. The number of ether oxygens (including phenoxy) is 2. The third kappa shape index (κ3) is 3.73. The zero-order chi connectivity index (χ0) is 24.7. The topological polar surface area (TPSA) is 79.3 Å². The van der Waals surface area contributed by atoms with Crippen LogP contribution in [0.25, 0.3) is 0 Å². The Hall–Kier alpha value is -3.20. The van der Waals surface area contributed by atoms with Crippen molar-refractivity contribution in [3.8, 4) is 11.5 Å². The van der Waals surface area contributed by atoms with Crippen molar-refractivity contribution in [2.24, 2.45) is 11.3 Å². The predicted molar refractivity (Wildman–Crippen MR) is 125 cm³/mol. The molecule has 186 valence electrons. The van der Waals surface area contributed by atoms with Crippen LogP contribution in [-0.2, 0) is 14.3 Å². The molecule has 3 aliphatic heterocycles. The van der Waals surface area contributed by atoms with E-state index in [9.17, 15) is 19.1 Å². The molecule has 2 aromatic carbocycles. The molecule has 0 aliphatic carbocycles. The molecule has 0 aromatic heterocycles. The van der Waals surface area contributed by atoms with Crippen LogP contribution in [0.1, 0.15) is 37.3 Å². The van der Waals surface area contributed by atoms with E-state index in [0.717, 1.165) is 12.4 Å². The third-order valence-corrected chi connectivity index (χ3v) is 7.70. The van der Waals surface area contributed by atoms with Crippen molar-refractivity contribution in [1.82, 2.24) is 0 Å². The van der Waals surface area contributed by atoms with Crippen LogP contribution >= 0.6 is 0 Å². The summed E-state index contributed by atoms with van der Waals surface area (Å²) in [5.74, 6) is -1.79. The van der Waals surface area contributed by atoms with Crippen molar-refractivity contribution < 1.29 is 33.0 Å². The molecule has 3 fully saturated rings. The number of aldehydes is 1. The van der Waals surface area contributed by atoms with Gasteiger partial charge in [-0.1, -0.05) is 6.07 Å². The van der Waals surface area contributed by atoms with Gasteiger partial charge in [-0.15, -0.1) is 0 Å². The molecule has 1 amide bonds. The van der Waals surface area contributed by atoms with Gasteiger partial charge in [0.05, 0.1) is 29.9 Å². The quantitative estimate of drug-likeness (QED) is 0.509. The number of aromatic hydroxyl groups is 1. The summed E-state index contributed by atoms with van der Waals surface area (Å²) >= 11 is 0. The Morgan fingerprint density at radius 3 is 2.49 bits per heavy atom. The number of hydrogen-bond acceptors (Lipinski definition) is 6. The van der Waals surface area contributed by atoms with Gasteiger partial charge < -0.3 is 24.3 Å². The Morgan fingerprint density at radius 1 is 1.11 bits per heavy atom. The van der Waals surface area contributed by atoms with Crippen LogP contribution in [-0.4, -0.2) is 50.7 Å². The lowest BCUT2D eigenvalue weighted by molar-refractivity contribution is -0.149. The van der Waals surface area contributed by atoms with E-state index in [0.29, 0.717) is 69.0 Å². The van der Waals surface area contributed by atoms with E-state index in [1.54, 1.807) is 6.07 Å². The number of anilines is 2. The second kappa shape index (κ2) is 9.11. The number of para-hydroxylation sites is 1. The number of piperidine rings is 1. The van der Waals surface area contributed by atoms with Crippen molar-refractivity contribution in [2.45, 2.75) is 31.7 Å². The molecule has 1 atom stereocenters. The monoisotopic (exact) mass is 486 g/mol. The molecule has 0 bridgehead atoms. The second-order valence-electron chi connectivity index (χ2n) is 9.46. The average molecular weight is 487 g/mol. The lowest BCUT2D eigenvalue weighted by Crippen LogP contribution is -2.65. The number of carbonyl (C=O) groups excluding carboxylic acids is 2. The molecule has 35 heavy (non-hydrogen) atoms. The molecule has 9 heteroatoms. The van der Waals surface area contributed by atoms with Crippen LogP contribution in [0.5, 0.6) is 11.5 Å².